The predicted octanol–water partition coefficient (Wildman–Crippen LogP) is 3.22. The zero-order valence-electron chi connectivity index (χ0n) is 10.8. The molecule has 0 saturated heterocycles. The van der Waals surface area contributed by atoms with Crippen LogP contribution in [0.2, 0.25) is 0 Å². The molecule has 0 unspecified atom stereocenters. The summed E-state index contributed by atoms with van der Waals surface area (Å²) in [6.45, 7) is 7.59. The van der Waals surface area contributed by atoms with Crippen LogP contribution in [0.5, 0.6) is 0 Å². The highest BCUT2D eigenvalue weighted by Gasteiger charge is 1.94. The van der Waals surface area contributed by atoms with Crippen molar-refractivity contribution in [3.63, 3.8) is 0 Å². The molecule has 0 fully saturated rings. The number of hydrogen-bond acceptors (Lipinski definition) is 2. The van der Waals surface area contributed by atoms with Gasteiger partial charge in [-0.05, 0) is 45.2 Å². The van der Waals surface area contributed by atoms with Crippen LogP contribution in [0.4, 0.5) is 0 Å². The summed E-state index contributed by atoms with van der Waals surface area (Å²) in [5.74, 6) is 0.815. The zero-order chi connectivity index (χ0) is 11.4. The molecule has 0 bridgehead atoms. The lowest BCUT2D eigenvalue weighted by molar-refractivity contribution is 0.124. The van der Waals surface area contributed by atoms with Gasteiger partial charge in [-0.2, -0.15) is 0 Å². The van der Waals surface area contributed by atoms with Crippen molar-refractivity contribution in [2.24, 2.45) is 5.92 Å². The first-order valence-corrected chi connectivity index (χ1v) is 6.49. The van der Waals surface area contributed by atoms with E-state index < -0.39 is 0 Å². The summed E-state index contributed by atoms with van der Waals surface area (Å²) in [6.07, 6.45) is 7.68. The van der Waals surface area contributed by atoms with Gasteiger partial charge in [0.05, 0.1) is 0 Å². The van der Waals surface area contributed by atoms with Crippen LogP contribution in [0.1, 0.15) is 52.4 Å². The topological polar surface area (TPSA) is 21.3 Å². The van der Waals surface area contributed by atoms with Crippen LogP contribution in [0, 0.1) is 5.92 Å². The fraction of sp³-hybridized carbons (Fsp3) is 1.00. The molecule has 0 aliphatic rings. The molecule has 0 aromatic rings. The van der Waals surface area contributed by atoms with Crippen molar-refractivity contribution in [1.29, 1.82) is 0 Å². The second-order valence-corrected chi connectivity index (χ2v) is 4.67. The molecule has 0 atom stereocenters. The van der Waals surface area contributed by atoms with Gasteiger partial charge in [0, 0.05) is 13.2 Å². The van der Waals surface area contributed by atoms with Crippen molar-refractivity contribution in [3.8, 4) is 0 Å². The summed E-state index contributed by atoms with van der Waals surface area (Å²) in [5, 5.41) is 3.17. The minimum atomic E-state index is 0.815. The molecule has 0 aromatic carbocycles. The van der Waals surface area contributed by atoms with Crippen LogP contribution in [0.15, 0.2) is 0 Å². The highest BCUT2D eigenvalue weighted by molar-refractivity contribution is 4.47. The van der Waals surface area contributed by atoms with Crippen LogP contribution >= 0.6 is 0 Å². The third kappa shape index (κ3) is 13.9. The van der Waals surface area contributed by atoms with Crippen molar-refractivity contribution in [1.82, 2.24) is 5.32 Å². The maximum Gasteiger partial charge on any atom is 0.0466 e. The molecule has 0 aliphatic heterocycles. The minimum absolute atomic E-state index is 0.815. The Morgan fingerprint density at radius 3 is 2.27 bits per heavy atom. The summed E-state index contributed by atoms with van der Waals surface area (Å²) in [5.41, 5.74) is 0. The smallest absolute Gasteiger partial charge is 0.0466 e. The number of hydrogen-bond donors (Lipinski definition) is 1. The normalized spacial score (nSPS) is 11.2. The lowest BCUT2D eigenvalue weighted by Crippen LogP contribution is -2.07. The maximum absolute atomic E-state index is 5.57. The highest BCUT2D eigenvalue weighted by atomic mass is 16.5. The van der Waals surface area contributed by atoms with Crippen molar-refractivity contribution in [2.45, 2.75) is 52.4 Å². The molecule has 0 aliphatic carbocycles. The van der Waals surface area contributed by atoms with E-state index in [4.69, 9.17) is 4.74 Å². The second kappa shape index (κ2) is 12.0. The summed E-state index contributed by atoms with van der Waals surface area (Å²) >= 11 is 0. The van der Waals surface area contributed by atoms with Gasteiger partial charge in [0.25, 0.3) is 0 Å². The summed E-state index contributed by atoms with van der Waals surface area (Å²) < 4.78 is 5.57. The number of rotatable bonds is 11. The summed E-state index contributed by atoms with van der Waals surface area (Å²) in [4.78, 5) is 0. The number of ether oxygens (including phenoxy) is 1. The Labute approximate surface area is 95.8 Å². The first-order chi connectivity index (χ1) is 7.27. The predicted molar refractivity (Wildman–Crippen MR) is 67.3 cm³/mol. The lowest BCUT2D eigenvalue weighted by atomic mass is 10.1. The van der Waals surface area contributed by atoms with E-state index in [1.165, 1.54) is 38.5 Å². The third-order valence-corrected chi connectivity index (χ3v) is 2.54. The van der Waals surface area contributed by atoms with E-state index in [0.29, 0.717) is 0 Å². The van der Waals surface area contributed by atoms with Gasteiger partial charge in [0.2, 0.25) is 0 Å². The van der Waals surface area contributed by atoms with Crippen LogP contribution < -0.4 is 5.32 Å². The standard InChI is InChI=1S/C13H29NO/c1-13(2)9-8-12-15-11-7-5-4-6-10-14-3/h13-14H,4-12H2,1-3H3. The zero-order valence-corrected chi connectivity index (χ0v) is 10.8. The Kier molecular flexibility index (Phi) is 11.9. The van der Waals surface area contributed by atoms with Crippen molar-refractivity contribution in [2.75, 3.05) is 26.8 Å². The molecule has 1 N–H and O–H groups in total. The van der Waals surface area contributed by atoms with Crippen LogP contribution in [-0.4, -0.2) is 26.8 Å². The van der Waals surface area contributed by atoms with Gasteiger partial charge in [0.1, 0.15) is 0 Å². The Morgan fingerprint density at radius 2 is 1.60 bits per heavy atom. The number of unbranched alkanes of at least 4 members (excludes halogenated alkanes) is 3. The van der Waals surface area contributed by atoms with E-state index in [0.717, 1.165) is 25.7 Å². The van der Waals surface area contributed by atoms with Crippen LogP contribution in [-0.2, 0) is 4.74 Å². The van der Waals surface area contributed by atoms with E-state index in [-0.39, 0.29) is 0 Å². The first-order valence-electron chi connectivity index (χ1n) is 6.49. The van der Waals surface area contributed by atoms with Gasteiger partial charge in [-0.15, -0.1) is 0 Å². The summed E-state index contributed by atoms with van der Waals surface area (Å²) in [6, 6.07) is 0. The molecule has 0 spiro atoms. The second-order valence-electron chi connectivity index (χ2n) is 4.67. The fourth-order valence-corrected chi connectivity index (χ4v) is 1.56. The molecule has 2 heteroatoms. The molecule has 0 rings (SSSR count). The molecule has 0 heterocycles. The molecule has 0 amide bonds. The lowest BCUT2D eigenvalue weighted by Gasteiger charge is -2.06. The molecule has 2 nitrogen and oxygen atoms in total. The molecule has 0 saturated carbocycles. The van der Waals surface area contributed by atoms with Gasteiger partial charge >= 0.3 is 0 Å². The Morgan fingerprint density at radius 1 is 0.933 bits per heavy atom. The number of nitrogens with one attached hydrogen (secondary N) is 1. The van der Waals surface area contributed by atoms with Crippen molar-refractivity contribution >= 4 is 0 Å². The van der Waals surface area contributed by atoms with E-state index in [1.807, 2.05) is 7.05 Å². The first kappa shape index (κ1) is 14.9. The Hall–Kier alpha value is -0.0800. The quantitative estimate of drug-likeness (QED) is 0.534. The van der Waals surface area contributed by atoms with E-state index in [2.05, 4.69) is 19.2 Å². The average Bonchev–Trinajstić information content (AvgIpc) is 2.20. The molecule has 0 aromatic heterocycles. The van der Waals surface area contributed by atoms with E-state index >= 15 is 0 Å². The van der Waals surface area contributed by atoms with Crippen molar-refractivity contribution in [3.05, 3.63) is 0 Å². The molecule has 15 heavy (non-hydrogen) atoms. The van der Waals surface area contributed by atoms with Crippen LogP contribution in [0.3, 0.4) is 0 Å². The SMILES string of the molecule is CNCCCCCCOCCCC(C)C. The summed E-state index contributed by atoms with van der Waals surface area (Å²) in [7, 11) is 2.01. The van der Waals surface area contributed by atoms with Gasteiger partial charge in [-0.25, -0.2) is 0 Å². The average molecular weight is 215 g/mol. The molecular formula is C13H29NO. The molecule has 92 valence electrons. The van der Waals surface area contributed by atoms with Gasteiger partial charge in [0.15, 0.2) is 0 Å². The minimum Gasteiger partial charge on any atom is -0.381 e. The molecular weight excluding hydrogens is 186 g/mol. The van der Waals surface area contributed by atoms with E-state index in [1.54, 1.807) is 0 Å². The Bertz CT molecular complexity index is 115. The molecule has 0 radical (unpaired) electrons. The van der Waals surface area contributed by atoms with Gasteiger partial charge in [-0.3, -0.25) is 0 Å². The van der Waals surface area contributed by atoms with Crippen molar-refractivity contribution < 1.29 is 4.74 Å². The highest BCUT2D eigenvalue weighted by Crippen LogP contribution is 2.04. The van der Waals surface area contributed by atoms with Crippen LogP contribution in [0.25, 0.3) is 0 Å². The van der Waals surface area contributed by atoms with Gasteiger partial charge < -0.3 is 10.1 Å². The maximum atomic E-state index is 5.57. The monoisotopic (exact) mass is 215 g/mol. The largest absolute Gasteiger partial charge is 0.381 e. The van der Waals surface area contributed by atoms with E-state index in [9.17, 15) is 0 Å². The third-order valence-electron chi connectivity index (χ3n) is 2.54. The Balaban J connectivity index is 2.87. The fourth-order valence-electron chi connectivity index (χ4n) is 1.56. The van der Waals surface area contributed by atoms with Gasteiger partial charge in [-0.1, -0.05) is 26.7 Å².